The van der Waals surface area contributed by atoms with Crippen LogP contribution in [0.15, 0.2) is 0 Å². The minimum absolute atomic E-state index is 0.210. The van der Waals surface area contributed by atoms with Crippen LogP contribution in [0.4, 0.5) is 4.79 Å². The highest BCUT2D eigenvalue weighted by Crippen LogP contribution is 2.32. The zero-order chi connectivity index (χ0) is 15.3. The van der Waals surface area contributed by atoms with E-state index < -0.39 is 5.60 Å². The molecule has 1 rings (SSSR count). The molecule has 0 atom stereocenters. The lowest BCUT2D eigenvalue weighted by atomic mass is 9.77. The summed E-state index contributed by atoms with van der Waals surface area (Å²) in [6.45, 7) is 14.4. The molecule has 0 N–H and O–H groups in total. The number of nitrogens with zero attached hydrogens (tertiary/aromatic N) is 1. The average Bonchev–Trinajstić information content (AvgIpc) is 2.30. The van der Waals surface area contributed by atoms with E-state index in [1.54, 1.807) is 11.8 Å². The van der Waals surface area contributed by atoms with Crippen molar-refractivity contribution in [2.24, 2.45) is 5.41 Å². The topological polar surface area (TPSA) is 46.6 Å². The molecule has 0 aromatic heterocycles. The second kappa shape index (κ2) is 6.92. The molecule has 0 aliphatic carbocycles. The Morgan fingerprint density at radius 2 is 1.53 bits per heavy atom. The maximum atomic E-state index is 11.8. The van der Waals surface area contributed by atoms with E-state index in [1.807, 2.05) is 41.5 Å². The van der Waals surface area contributed by atoms with Gasteiger partial charge < -0.3 is 9.64 Å². The van der Waals surface area contributed by atoms with Crippen molar-refractivity contribution < 1.29 is 14.3 Å². The van der Waals surface area contributed by atoms with E-state index in [0.717, 1.165) is 12.8 Å². The minimum atomic E-state index is -0.460. The Balaban J connectivity index is 0.00000154. The molecule has 1 saturated heterocycles. The Kier molecular flexibility index (Phi) is 6.53. The SMILES string of the molecule is CC.CC(=O)C1(C)CCN(C(=O)OC(C)(C)C)CC1. The fourth-order valence-corrected chi connectivity index (χ4v) is 1.86. The lowest BCUT2D eigenvalue weighted by molar-refractivity contribution is -0.128. The number of carbonyl (C=O) groups is 2. The summed E-state index contributed by atoms with van der Waals surface area (Å²) in [4.78, 5) is 25.0. The van der Waals surface area contributed by atoms with Gasteiger partial charge in [-0.2, -0.15) is 0 Å². The standard InChI is InChI=1S/C13H23NO3.C2H6/c1-10(15)13(5)6-8-14(9-7-13)11(16)17-12(2,3)4;1-2/h6-9H2,1-5H3;1-2H3. The van der Waals surface area contributed by atoms with Crippen LogP contribution in [0.25, 0.3) is 0 Å². The van der Waals surface area contributed by atoms with Crippen molar-refractivity contribution in [2.45, 2.75) is 66.9 Å². The first-order valence-electron chi connectivity index (χ1n) is 7.13. The van der Waals surface area contributed by atoms with Crippen LogP contribution in [-0.2, 0) is 9.53 Å². The number of hydrogen-bond donors (Lipinski definition) is 0. The Bertz CT molecular complexity index is 310. The van der Waals surface area contributed by atoms with Crippen molar-refractivity contribution in [1.29, 1.82) is 0 Å². The number of ether oxygens (including phenoxy) is 1. The second-order valence-corrected chi connectivity index (χ2v) is 6.08. The quantitative estimate of drug-likeness (QED) is 0.731. The van der Waals surface area contributed by atoms with E-state index in [1.165, 1.54) is 0 Å². The van der Waals surface area contributed by atoms with Gasteiger partial charge in [-0.15, -0.1) is 0 Å². The zero-order valence-corrected chi connectivity index (χ0v) is 13.5. The summed E-state index contributed by atoms with van der Waals surface area (Å²) >= 11 is 0. The highest BCUT2D eigenvalue weighted by Gasteiger charge is 2.36. The zero-order valence-electron chi connectivity index (χ0n) is 13.5. The van der Waals surface area contributed by atoms with Gasteiger partial charge in [0.05, 0.1) is 0 Å². The van der Waals surface area contributed by atoms with Gasteiger partial charge in [0.1, 0.15) is 11.4 Å². The number of carbonyl (C=O) groups excluding carboxylic acids is 2. The smallest absolute Gasteiger partial charge is 0.410 e. The molecule has 1 amide bonds. The molecular formula is C15H29NO3. The molecule has 0 unspecified atom stereocenters. The normalized spacial score (nSPS) is 18.2. The number of amides is 1. The number of piperidine rings is 1. The maximum absolute atomic E-state index is 11.8. The van der Waals surface area contributed by atoms with Gasteiger partial charge in [0.2, 0.25) is 0 Å². The van der Waals surface area contributed by atoms with Gasteiger partial charge in [0, 0.05) is 18.5 Å². The number of hydrogen-bond acceptors (Lipinski definition) is 3. The molecule has 0 saturated carbocycles. The first-order valence-corrected chi connectivity index (χ1v) is 7.13. The first-order chi connectivity index (χ1) is 8.64. The fraction of sp³-hybridized carbons (Fsp3) is 0.867. The van der Waals surface area contributed by atoms with E-state index in [2.05, 4.69) is 0 Å². The number of ketones is 1. The van der Waals surface area contributed by atoms with Crippen LogP contribution in [0.2, 0.25) is 0 Å². The highest BCUT2D eigenvalue weighted by molar-refractivity contribution is 5.82. The number of likely N-dealkylation sites (tertiary alicyclic amines) is 1. The van der Waals surface area contributed by atoms with Crippen LogP contribution in [0, 0.1) is 5.41 Å². The molecule has 0 aromatic carbocycles. The molecule has 112 valence electrons. The Labute approximate surface area is 117 Å². The molecule has 1 heterocycles. The van der Waals surface area contributed by atoms with Gasteiger partial charge in [-0.3, -0.25) is 4.79 Å². The van der Waals surface area contributed by atoms with E-state index in [4.69, 9.17) is 4.74 Å². The van der Waals surface area contributed by atoms with Crippen LogP contribution in [0.3, 0.4) is 0 Å². The van der Waals surface area contributed by atoms with Crippen LogP contribution in [-0.4, -0.2) is 35.5 Å². The van der Waals surface area contributed by atoms with Crippen LogP contribution in [0.1, 0.15) is 61.3 Å². The predicted octanol–water partition coefficient (Wildman–Crippen LogP) is 3.64. The van der Waals surface area contributed by atoms with E-state index in [-0.39, 0.29) is 17.3 Å². The van der Waals surface area contributed by atoms with Crippen molar-refractivity contribution in [2.75, 3.05) is 13.1 Å². The van der Waals surface area contributed by atoms with Gasteiger partial charge in [0.15, 0.2) is 0 Å². The third kappa shape index (κ3) is 5.62. The molecule has 0 aromatic rings. The number of rotatable bonds is 1. The van der Waals surface area contributed by atoms with Crippen molar-refractivity contribution in [1.82, 2.24) is 4.90 Å². The van der Waals surface area contributed by atoms with Gasteiger partial charge in [-0.1, -0.05) is 20.8 Å². The summed E-state index contributed by atoms with van der Waals surface area (Å²) in [7, 11) is 0. The lowest BCUT2D eigenvalue weighted by Gasteiger charge is -2.38. The molecule has 0 radical (unpaired) electrons. The molecular weight excluding hydrogens is 242 g/mol. The largest absolute Gasteiger partial charge is 0.444 e. The van der Waals surface area contributed by atoms with Crippen molar-refractivity contribution in [3.05, 3.63) is 0 Å². The van der Waals surface area contributed by atoms with E-state index in [0.29, 0.717) is 13.1 Å². The molecule has 1 fully saturated rings. The number of Topliss-reactive ketones (excluding diaryl/α,β-unsaturated/α-hetero) is 1. The summed E-state index contributed by atoms with van der Waals surface area (Å²) in [5.41, 5.74) is -0.725. The maximum Gasteiger partial charge on any atom is 0.410 e. The molecule has 1 aliphatic heterocycles. The monoisotopic (exact) mass is 271 g/mol. The van der Waals surface area contributed by atoms with Gasteiger partial charge in [-0.05, 0) is 40.5 Å². The molecule has 4 heteroatoms. The van der Waals surface area contributed by atoms with Gasteiger partial charge in [0.25, 0.3) is 0 Å². The highest BCUT2D eigenvalue weighted by atomic mass is 16.6. The van der Waals surface area contributed by atoms with Crippen molar-refractivity contribution in [3.63, 3.8) is 0 Å². The molecule has 0 bridgehead atoms. The van der Waals surface area contributed by atoms with Crippen LogP contribution in [0.5, 0.6) is 0 Å². The van der Waals surface area contributed by atoms with E-state index >= 15 is 0 Å². The lowest BCUT2D eigenvalue weighted by Crippen LogP contribution is -2.46. The molecule has 1 aliphatic rings. The third-order valence-corrected chi connectivity index (χ3v) is 3.37. The van der Waals surface area contributed by atoms with Crippen molar-refractivity contribution >= 4 is 11.9 Å². The predicted molar refractivity (Wildman–Crippen MR) is 77.2 cm³/mol. The van der Waals surface area contributed by atoms with Crippen LogP contribution < -0.4 is 0 Å². The molecule has 0 spiro atoms. The third-order valence-electron chi connectivity index (χ3n) is 3.37. The fourth-order valence-electron chi connectivity index (χ4n) is 1.86. The minimum Gasteiger partial charge on any atom is -0.444 e. The second-order valence-electron chi connectivity index (χ2n) is 6.08. The summed E-state index contributed by atoms with van der Waals surface area (Å²) in [6, 6.07) is 0. The Morgan fingerprint density at radius 3 is 1.84 bits per heavy atom. The Morgan fingerprint density at radius 1 is 1.11 bits per heavy atom. The summed E-state index contributed by atoms with van der Waals surface area (Å²) < 4.78 is 5.31. The van der Waals surface area contributed by atoms with Crippen LogP contribution >= 0.6 is 0 Å². The van der Waals surface area contributed by atoms with Gasteiger partial charge >= 0.3 is 6.09 Å². The molecule has 19 heavy (non-hydrogen) atoms. The van der Waals surface area contributed by atoms with Crippen molar-refractivity contribution in [3.8, 4) is 0 Å². The van der Waals surface area contributed by atoms with E-state index in [9.17, 15) is 9.59 Å². The van der Waals surface area contributed by atoms with Gasteiger partial charge in [-0.25, -0.2) is 4.79 Å². The molecule has 4 nitrogen and oxygen atoms in total. The Hall–Kier alpha value is -1.06. The summed E-state index contributed by atoms with van der Waals surface area (Å²) in [5.74, 6) is 0.210. The summed E-state index contributed by atoms with van der Waals surface area (Å²) in [6.07, 6.45) is 1.17. The average molecular weight is 271 g/mol. The summed E-state index contributed by atoms with van der Waals surface area (Å²) in [5, 5.41) is 0. The first kappa shape index (κ1) is 17.9.